The third-order valence-corrected chi connectivity index (χ3v) is 7.56. The van der Waals surface area contributed by atoms with E-state index in [-0.39, 0.29) is 0 Å². The van der Waals surface area contributed by atoms with Crippen LogP contribution in [0.5, 0.6) is 0 Å². The molecule has 0 aromatic carbocycles. The molecule has 0 bridgehead atoms. The highest BCUT2D eigenvalue weighted by Crippen LogP contribution is 2.55. The van der Waals surface area contributed by atoms with E-state index >= 15 is 0 Å². The van der Waals surface area contributed by atoms with Crippen LogP contribution in [-0.4, -0.2) is 13.2 Å². The highest BCUT2D eigenvalue weighted by molar-refractivity contribution is 5.20. The van der Waals surface area contributed by atoms with Gasteiger partial charge in [0.15, 0.2) is 0 Å². The molecule has 1 heteroatoms. The maximum atomic E-state index is 6.08. The van der Waals surface area contributed by atoms with Gasteiger partial charge in [-0.1, -0.05) is 45.3 Å². The van der Waals surface area contributed by atoms with Crippen LogP contribution in [0, 0.1) is 22.7 Å². The number of fused-ring (bicyclic) bond motifs is 1. The van der Waals surface area contributed by atoms with Crippen LogP contribution in [0.25, 0.3) is 0 Å². The molecule has 0 aromatic heterocycles. The molecule has 1 nitrogen and oxygen atoms in total. The summed E-state index contributed by atoms with van der Waals surface area (Å²) >= 11 is 0. The Hall–Kier alpha value is -0.300. The summed E-state index contributed by atoms with van der Waals surface area (Å²) in [6.45, 7) is 7.35. The fourth-order valence-corrected chi connectivity index (χ4v) is 6.14. The second-order valence-corrected chi connectivity index (χ2v) is 8.91. The van der Waals surface area contributed by atoms with Crippen molar-refractivity contribution in [2.75, 3.05) is 7.11 Å². The van der Waals surface area contributed by atoms with E-state index in [1.54, 1.807) is 5.57 Å². The zero-order chi connectivity index (χ0) is 15.8. The lowest BCUT2D eigenvalue weighted by Crippen LogP contribution is -2.35. The lowest BCUT2D eigenvalue weighted by molar-refractivity contribution is 0.0173. The van der Waals surface area contributed by atoms with Gasteiger partial charge in [0.25, 0.3) is 0 Å². The maximum absolute atomic E-state index is 6.08. The van der Waals surface area contributed by atoms with Crippen LogP contribution < -0.4 is 0 Å². The topological polar surface area (TPSA) is 9.23 Å². The van der Waals surface area contributed by atoms with E-state index in [9.17, 15) is 0 Å². The van der Waals surface area contributed by atoms with Crippen LogP contribution >= 0.6 is 0 Å². The van der Waals surface area contributed by atoms with Crippen LogP contribution in [0.15, 0.2) is 11.6 Å². The van der Waals surface area contributed by atoms with Crippen molar-refractivity contribution in [2.24, 2.45) is 22.7 Å². The number of ether oxygens (including phenoxy) is 1. The first kappa shape index (κ1) is 16.6. The number of methoxy groups -OCH3 is 1. The van der Waals surface area contributed by atoms with E-state index in [0.29, 0.717) is 16.9 Å². The lowest BCUT2D eigenvalue weighted by Gasteiger charge is -2.41. The molecular weight excluding hydrogens is 268 g/mol. The van der Waals surface area contributed by atoms with Crippen molar-refractivity contribution in [3.05, 3.63) is 11.6 Å². The molecule has 5 unspecified atom stereocenters. The van der Waals surface area contributed by atoms with Gasteiger partial charge in [-0.2, -0.15) is 0 Å². The Morgan fingerprint density at radius 3 is 2.64 bits per heavy atom. The molecule has 126 valence electrons. The van der Waals surface area contributed by atoms with Gasteiger partial charge < -0.3 is 4.74 Å². The average Bonchev–Trinajstić information content (AvgIpc) is 3.08. The minimum absolute atomic E-state index is 0.348. The van der Waals surface area contributed by atoms with Gasteiger partial charge in [-0.3, -0.25) is 0 Å². The highest BCUT2D eigenvalue weighted by Gasteiger charge is 2.45. The summed E-state index contributed by atoms with van der Waals surface area (Å²) in [6.07, 6.45) is 16.8. The van der Waals surface area contributed by atoms with E-state index < -0.39 is 0 Å². The summed E-state index contributed by atoms with van der Waals surface area (Å²) in [6, 6.07) is 0. The summed E-state index contributed by atoms with van der Waals surface area (Å²) < 4.78 is 6.08. The molecule has 0 heterocycles. The molecule has 0 spiro atoms. The standard InChI is InChI=1S/C21H36O/c1-5-21(13-10-16(2)15-21)19(22-4)14-17-8-6-11-20(3)12-7-9-18(17)20/h14,16,18-19H,5-13,15H2,1-4H3. The first-order valence-electron chi connectivity index (χ1n) is 9.76. The van der Waals surface area contributed by atoms with E-state index in [1.807, 2.05) is 7.11 Å². The van der Waals surface area contributed by atoms with Crippen LogP contribution in [0.4, 0.5) is 0 Å². The van der Waals surface area contributed by atoms with E-state index in [4.69, 9.17) is 4.74 Å². The smallest absolute Gasteiger partial charge is 0.0810 e. The van der Waals surface area contributed by atoms with Crippen molar-refractivity contribution in [2.45, 2.75) is 91.1 Å². The minimum atomic E-state index is 0.348. The van der Waals surface area contributed by atoms with E-state index in [1.165, 1.54) is 64.2 Å². The lowest BCUT2D eigenvalue weighted by atomic mass is 9.66. The van der Waals surface area contributed by atoms with Gasteiger partial charge in [-0.05, 0) is 68.6 Å². The largest absolute Gasteiger partial charge is 0.377 e. The Morgan fingerprint density at radius 2 is 2.00 bits per heavy atom. The second kappa shape index (κ2) is 6.30. The Labute approximate surface area is 137 Å². The number of allylic oxidation sites excluding steroid dienone is 1. The van der Waals surface area contributed by atoms with Gasteiger partial charge in [-0.25, -0.2) is 0 Å². The molecule has 5 atom stereocenters. The SMILES string of the molecule is CCC1(C(C=C2CCCC3(C)CCCC23)OC)CCC(C)C1. The first-order chi connectivity index (χ1) is 10.5. The van der Waals surface area contributed by atoms with Gasteiger partial charge >= 0.3 is 0 Å². The molecule has 0 aromatic rings. The van der Waals surface area contributed by atoms with Crippen molar-refractivity contribution >= 4 is 0 Å². The summed E-state index contributed by atoms with van der Waals surface area (Å²) in [5.41, 5.74) is 2.77. The molecule has 22 heavy (non-hydrogen) atoms. The van der Waals surface area contributed by atoms with E-state index in [0.717, 1.165) is 11.8 Å². The van der Waals surface area contributed by atoms with Crippen molar-refractivity contribution in [3.63, 3.8) is 0 Å². The van der Waals surface area contributed by atoms with Crippen LogP contribution in [-0.2, 0) is 4.74 Å². The Kier molecular flexibility index (Phi) is 4.74. The zero-order valence-corrected chi connectivity index (χ0v) is 15.3. The third-order valence-electron chi connectivity index (χ3n) is 7.56. The first-order valence-corrected chi connectivity index (χ1v) is 9.76. The molecule has 3 aliphatic rings. The second-order valence-electron chi connectivity index (χ2n) is 8.91. The fraction of sp³-hybridized carbons (Fsp3) is 0.905. The van der Waals surface area contributed by atoms with Crippen LogP contribution in [0.1, 0.15) is 85.0 Å². The molecular formula is C21H36O. The molecule has 0 saturated heterocycles. The summed E-state index contributed by atoms with van der Waals surface area (Å²) in [5, 5.41) is 0. The fourth-order valence-electron chi connectivity index (χ4n) is 6.14. The molecule has 3 rings (SSSR count). The predicted octanol–water partition coefficient (Wildman–Crippen LogP) is 6.13. The monoisotopic (exact) mass is 304 g/mol. The van der Waals surface area contributed by atoms with Gasteiger partial charge in [0.1, 0.15) is 0 Å². The number of hydrogen-bond acceptors (Lipinski definition) is 1. The minimum Gasteiger partial charge on any atom is -0.377 e. The Morgan fingerprint density at radius 1 is 1.23 bits per heavy atom. The highest BCUT2D eigenvalue weighted by atomic mass is 16.5. The molecule has 3 saturated carbocycles. The van der Waals surface area contributed by atoms with Gasteiger partial charge in [-0.15, -0.1) is 0 Å². The Balaban J connectivity index is 1.84. The number of hydrogen-bond donors (Lipinski definition) is 0. The summed E-state index contributed by atoms with van der Waals surface area (Å²) in [7, 11) is 1.94. The van der Waals surface area contributed by atoms with Crippen LogP contribution in [0.2, 0.25) is 0 Å². The predicted molar refractivity (Wildman–Crippen MR) is 93.9 cm³/mol. The van der Waals surface area contributed by atoms with Crippen LogP contribution in [0.3, 0.4) is 0 Å². The quantitative estimate of drug-likeness (QED) is 0.567. The van der Waals surface area contributed by atoms with Gasteiger partial charge in [0.2, 0.25) is 0 Å². The van der Waals surface area contributed by atoms with Crippen molar-refractivity contribution < 1.29 is 4.74 Å². The van der Waals surface area contributed by atoms with Gasteiger partial charge in [0.05, 0.1) is 6.10 Å². The third kappa shape index (κ3) is 2.79. The summed E-state index contributed by atoms with van der Waals surface area (Å²) in [5.74, 6) is 1.73. The zero-order valence-electron chi connectivity index (χ0n) is 15.3. The molecule has 0 aliphatic heterocycles. The molecule has 0 N–H and O–H groups in total. The summed E-state index contributed by atoms with van der Waals surface area (Å²) in [4.78, 5) is 0. The maximum Gasteiger partial charge on any atom is 0.0810 e. The van der Waals surface area contributed by atoms with Crippen molar-refractivity contribution in [3.8, 4) is 0 Å². The number of rotatable bonds is 4. The Bertz CT molecular complexity index is 426. The van der Waals surface area contributed by atoms with E-state index in [2.05, 4.69) is 26.8 Å². The molecule has 0 radical (unpaired) electrons. The normalized spacial score (nSPS) is 45.2. The molecule has 0 amide bonds. The van der Waals surface area contributed by atoms with Crippen molar-refractivity contribution in [1.29, 1.82) is 0 Å². The average molecular weight is 305 g/mol. The van der Waals surface area contributed by atoms with Crippen molar-refractivity contribution in [1.82, 2.24) is 0 Å². The molecule has 3 fully saturated rings. The van der Waals surface area contributed by atoms with Gasteiger partial charge in [0, 0.05) is 12.5 Å². The molecule has 3 aliphatic carbocycles.